The van der Waals surface area contributed by atoms with Crippen LogP contribution in [0.5, 0.6) is 0 Å². The maximum absolute atomic E-state index is 12.0. The number of nitrogens with one attached hydrogen (secondary N) is 1. The summed E-state index contributed by atoms with van der Waals surface area (Å²) in [6, 6.07) is 0.0645. The summed E-state index contributed by atoms with van der Waals surface area (Å²) in [5.41, 5.74) is 0.284. The number of rotatable bonds is 6. The zero-order valence-corrected chi connectivity index (χ0v) is 12.0. The van der Waals surface area contributed by atoms with Crippen molar-refractivity contribution in [3.8, 4) is 0 Å². The van der Waals surface area contributed by atoms with Crippen LogP contribution < -0.4 is 10.9 Å². The average Bonchev–Trinajstić information content (AvgIpc) is 2.29. The fourth-order valence-electron chi connectivity index (χ4n) is 1.60. The molecule has 1 aromatic rings. The summed E-state index contributed by atoms with van der Waals surface area (Å²) >= 11 is 6.05. The van der Waals surface area contributed by atoms with E-state index in [4.69, 9.17) is 16.3 Å². The van der Waals surface area contributed by atoms with Gasteiger partial charge in [-0.05, 0) is 12.8 Å². The molecule has 18 heavy (non-hydrogen) atoms. The second-order valence-electron chi connectivity index (χ2n) is 4.75. The van der Waals surface area contributed by atoms with Crippen LogP contribution in [0.3, 0.4) is 0 Å². The highest BCUT2D eigenvalue weighted by Gasteiger charge is 2.12. The van der Waals surface area contributed by atoms with Gasteiger partial charge in [0.05, 0.1) is 18.5 Å². The Labute approximate surface area is 112 Å². The number of hydrogen-bond donors (Lipinski definition) is 1. The van der Waals surface area contributed by atoms with E-state index in [1.807, 2.05) is 20.8 Å². The number of anilines is 1. The Balaban J connectivity index is 2.90. The molecule has 0 aliphatic carbocycles. The molecule has 0 aliphatic rings. The van der Waals surface area contributed by atoms with Gasteiger partial charge < -0.3 is 10.1 Å². The quantitative estimate of drug-likeness (QED) is 0.861. The highest BCUT2D eigenvalue weighted by Crippen LogP contribution is 2.16. The molecular weight excluding hydrogens is 254 g/mol. The third-order valence-corrected chi connectivity index (χ3v) is 2.71. The van der Waals surface area contributed by atoms with E-state index in [-0.39, 0.29) is 16.6 Å². The van der Waals surface area contributed by atoms with Crippen molar-refractivity contribution in [2.45, 2.75) is 33.4 Å². The summed E-state index contributed by atoms with van der Waals surface area (Å²) in [6.45, 7) is 7.08. The lowest BCUT2D eigenvalue weighted by Crippen LogP contribution is -2.28. The largest absolute Gasteiger partial charge is 0.383 e. The second-order valence-corrected chi connectivity index (χ2v) is 5.13. The standard InChI is InChI=1S/C12H20ClN3O2/c1-8(2)6-16-12(17)11(13)10(5-14-16)15-9(3)7-18-4/h5,8-9,15H,6-7H2,1-4H3. The molecule has 6 heteroatoms. The van der Waals surface area contributed by atoms with Crippen molar-refractivity contribution in [2.24, 2.45) is 5.92 Å². The second kappa shape index (κ2) is 6.75. The molecule has 0 saturated heterocycles. The predicted molar refractivity (Wildman–Crippen MR) is 73.3 cm³/mol. The number of nitrogens with zero attached hydrogens (tertiary/aromatic N) is 2. The lowest BCUT2D eigenvalue weighted by molar-refractivity contribution is 0.190. The van der Waals surface area contributed by atoms with Crippen molar-refractivity contribution in [1.82, 2.24) is 9.78 Å². The molecule has 0 bridgehead atoms. The van der Waals surface area contributed by atoms with Gasteiger partial charge in [0.15, 0.2) is 0 Å². The fraction of sp³-hybridized carbons (Fsp3) is 0.667. The van der Waals surface area contributed by atoms with Crippen LogP contribution in [0.2, 0.25) is 5.02 Å². The minimum absolute atomic E-state index is 0.0645. The zero-order valence-electron chi connectivity index (χ0n) is 11.2. The van der Waals surface area contributed by atoms with E-state index in [1.54, 1.807) is 13.3 Å². The molecule has 1 aromatic heterocycles. The fourth-order valence-corrected chi connectivity index (χ4v) is 1.80. The molecule has 1 heterocycles. The summed E-state index contributed by atoms with van der Waals surface area (Å²) in [5.74, 6) is 0.345. The maximum atomic E-state index is 12.0. The lowest BCUT2D eigenvalue weighted by atomic mass is 10.2. The topological polar surface area (TPSA) is 56.1 Å². The smallest absolute Gasteiger partial charge is 0.287 e. The molecule has 0 fully saturated rings. The van der Waals surface area contributed by atoms with Gasteiger partial charge in [-0.25, -0.2) is 4.68 Å². The van der Waals surface area contributed by atoms with Crippen molar-refractivity contribution >= 4 is 17.3 Å². The molecular formula is C12H20ClN3O2. The van der Waals surface area contributed by atoms with Gasteiger partial charge in [-0.2, -0.15) is 5.10 Å². The van der Waals surface area contributed by atoms with Crippen molar-refractivity contribution in [3.05, 3.63) is 21.6 Å². The Bertz CT molecular complexity index is 445. The molecule has 1 unspecified atom stereocenters. The molecule has 0 amide bonds. The van der Waals surface area contributed by atoms with Crippen LogP contribution in [0.25, 0.3) is 0 Å². The van der Waals surface area contributed by atoms with Gasteiger partial charge in [-0.3, -0.25) is 4.79 Å². The summed E-state index contributed by atoms with van der Waals surface area (Å²) < 4.78 is 6.40. The van der Waals surface area contributed by atoms with Gasteiger partial charge in [0.25, 0.3) is 5.56 Å². The van der Waals surface area contributed by atoms with E-state index in [0.29, 0.717) is 24.8 Å². The molecule has 0 aliphatic heterocycles. The molecule has 1 N–H and O–H groups in total. The van der Waals surface area contributed by atoms with Crippen molar-refractivity contribution in [3.63, 3.8) is 0 Å². The van der Waals surface area contributed by atoms with E-state index in [9.17, 15) is 4.79 Å². The minimum atomic E-state index is -0.264. The first-order valence-corrected chi connectivity index (χ1v) is 6.34. The van der Waals surface area contributed by atoms with Gasteiger partial charge in [0, 0.05) is 19.7 Å². The Morgan fingerprint density at radius 2 is 2.17 bits per heavy atom. The SMILES string of the molecule is COCC(C)Nc1cnn(CC(C)C)c(=O)c1Cl. The first kappa shape index (κ1) is 15.0. The molecule has 102 valence electrons. The normalized spacial score (nSPS) is 12.8. The minimum Gasteiger partial charge on any atom is -0.383 e. The van der Waals surface area contributed by atoms with Crippen molar-refractivity contribution < 1.29 is 4.74 Å². The average molecular weight is 274 g/mol. The van der Waals surface area contributed by atoms with Gasteiger partial charge in [0.1, 0.15) is 5.02 Å². The van der Waals surface area contributed by atoms with Crippen LogP contribution >= 0.6 is 11.6 Å². The third kappa shape index (κ3) is 3.99. The summed E-state index contributed by atoms with van der Waals surface area (Å²) in [5, 5.41) is 7.38. The highest BCUT2D eigenvalue weighted by molar-refractivity contribution is 6.32. The van der Waals surface area contributed by atoms with E-state index in [0.717, 1.165) is 0 Å². The molecule has 0 radical (unpaired) electrons. The van der Waals surface area contributed by atoms with Gasteiger partial charge >= 0.3 is 0 Å². The van der Waals surface area contributed by atoms with Gasteiger partial charge in [-0.15, -0.1) is 0 Å². The molecule has 5 nitrogen and oxygen atoms in total. The Morgan fingerprint density at radius 1 is 1.50 bits per heavy atom. The summed E-state index contributed by atoms with van der Waals surface area (Å²) in [6.07, 6.45) is 1.58. The number of hydrogen-bond acceptors (Lipinski definition) is 4. The van der Waals surface area contributed by atoms with E-state index in [2.05, 4.69) is 10.4 Å². The predicted octanol–water partition coefficient (Wildman–Crippen LogP) is 2.00. The molecule has 1 rings (SSSR count). The number of halogens is 1. The number of aromatic nitrogens is 2. The monoisotopic (exact) mass is 273 g/mol. The molecule has 1 atom stereocenters. The van der Waals surface area contributed by atoms with Crippen molar-refractivity contribution in [2.75, 3.05) is 19.0 Å². The van der Waals surface area contributed by atoms with Crippen LogP contribution in [-0.2, 0) is 11.3 Å². The first-order valence-electron chi connectivity index (χ1n) is 5.96. The Morgan fingerprint density at radius 3 is 2.72 bits per heavy atom. The lowest BCUT2D eigenvalue weighted by Gasteiger charge is -2.16. The van der Waals surface area contributed by atoms with Crippen molar-refractivity contribution in [1.29, 1.82) is 0 Å². The Kier molecular flexibility index (Phi) is 5.62. The first-order chi connectivity index (χ1) is 8.45. The zero-order chi connectivity index (χ0) is 13.7. The molecule has 0 saturated carbocycles. The van der Waals surface area contributed by atoms with Gasteiger partial charge in [-0.1, -0.05) is 25.4 Å². The van der Waals surface area contributed by atoms with Crippen LogP contribution in [0.15, 0.2) is 11.0 Å². The Hall–Kier alpha value is -1.07. The van der Waals surface area contributed by atoms with E-state index >= 15 is 0 Å². The van der Waals surface area contributed by atoms with Gasteiger partial charge in [0.2, 0.25) is 0 Å². The summed E-state index contributed by atoms with van der Waals surface area (Å²) in [7, 11) is 1.62. The van der Waals surface area contributed by atoms with E-state index in [1.165, 1.54) is 4.68 Å². The van der Waals surface area contributed by atoms with Crippen LogP contribution in [0.4, 0.5) is 5.69 Å². The maximum Gasteiger partial charge on any atom is 0.287 e. The van der Waals surface area contributed by atoms with E-state index < -0.39 is 0 Å². The number of methoxy groups -OCH3 is 1. The van der Waals surface area contributed by atoms with Crippen LogP contribution in [-0.4, -0.2) is 29.5 Å². The molecule has 0 aromatic carbocycles. The third-order valence-electron chi connectivity index (χ3n) is 2.34. The van der Waals surface area contributed by atoms with Crippen LogP contribution in [0, 0.1) is 5.92 Å². The highest BCUT2D eigenvalue weighted by atomic mass is 35.5. The van der Waals surface area contributed by atoms with Crippen LogP contribution in [0.1, 0.15) is 20.8 Å². The molecule has 0 spiro atoms. The summed E-state index contributed by atoms with van der Waals surface area (Å²) in [4.78, 5) is 12.0. The number of ether oxygens (including phenoxy) is 1.